The molecule has 1 aromatic carbocycles. The van der Waals surface area contributed by atoms with Crippen molar-refractivity contribution >= 4 is 5.97 Å². The number of methoxy groups -OCH3 is 1. The fourth-order valence-electron chi connectivity index (χ4n) is 2.20. The van der Waals surface area contributed by atoms with E-state index in [0.29, 0.717) is 6.42 Å². The topological polar surface area (TPSA) is 38.3 Å². The largest absolute Gasteiger partial charge is 0.469 e. The number of carbonyl (C=O) groups excluding carboxylic acids is 1. The average molecular weight is 263 g/mol. The van der Waals surface area contributed by atoms with Gasteiger partial charge in [0, 0.05) is 6.04 Å². The van der Waals surface area contributed by atoms with Crippen molar-refractivity contribution in [3.8, 4) is 0 Å². The zero-order valence-electron chi connectivity index (χ0n) is 12.2. The maximum absolute atomic E-state index is 11.4. The van der Waals surface area contributed by atoms with Gasteiger partial charge in [-0.25, -0.2) is 0 Å². The number of benzene rings is 1. The van der Waals surface area contributed by atoms with E-state index in [1.165, 1.54) is 24.7 Å². The number of likely N-dealkylation sites (N-methyl/N-ethyl adjacent to an activating group) is 1. The summed E-state index contributed by atoms with van der Waals surface area (Å²) in [5.41, 5.74) is 2.63. The lowest BCUT2D eigenvalue weighted by Crippen LogP contribution is -2.33. The Morgan fingerprint density at radius 3 is 2.37 bits per heavy atom. The van der Waals surface area contributed by atoms with Crippen LogP contribution >= 0.6 is 0 Å². The normalized spacial score (nSPS) is 12.2. The molecule has 1 N–H and O–H groups in total. The molecule has 1 unspecified atom stereocenters. The van der Waals surface area contributed by atoms with E-state index in [1.54, 1.807) is 0 Å². The van der Waals surface area contributed by atoms with Crippen LogP contribution in [0.3, 0.4) is 0 Å². The van der Waals surface area contributed by atoms with Crippen molar-refractivity contribution < 1.29 is 9.53 Å². The number of carbonyl (C=O) groups is 1. The third-order valence-electron chi connectivity index (χ3n) is 3.18. The molecule has 0 aromatic heterocycles. The maximum atomic E-state index is 11.4. The van der Waals surface area contributed by atoms with Gasteiger partial charge in [-0.2, -0.15) is 0 Å². The van der Waals surface area contributed by atoms with E-state index in [-0.39, 0.29) is 12.0 Å². The standard InChI is InChI=1S/C16H25NO2/c1-4-6-13-7-9-14(10-8-13)11-15(17-5-2)12-16(18)19-3/h7-10,15,17H,4-6,11-12H2,1-3H3. The lowest BCUT2D eigenvalue weighted by Gasteiger charge is -2.16. The lowest BCUT2D eigenvalue weighted by atomic mass is 10.0. The Labute approximate surface area is 116 Å². The van der Waals surface area contributed by atoms with Crippen molar-refractivity contribution in [1.82, 2.24) is 5.32 Å². The summed E-state index contributed by atoms with van der Waals surface area (Å²) in [5.74, 6) is -0.159. The molecule has 0 heterocycles. The Hall–Kier alpha value is -1.35. The summed E-state index contributed by atoms with van der Waals surface area (Å²) >= 11 is 0. The summed E-state index contributed by atoms with van der Waals surface area (Å²) < 4.78 is 4.74. The molecule has 19 heavy (non-hydrogen) atoms. The second kappa shape index (κ2) is 8.70. The minimum Gasteiger partial charge on any atom is -0.469 e. The van der Waals surface area contributed by atoms with E-state index in [2.05, 4.69) is 43.4 Å². The molecule has 0 aliphatic rings. The fraction of sp³-hybridized carbons (Fsp3) is 0.562. The highest BCUT2D eigenvalue weighted by atomic mass is 16.5. The highest BCUT2D eigenvalue weighted by molar-refractivity contribution is 5.70. The van der Waals surface area contributed by atoms with Gasteiger partial charge >= 0.3 is 5.97 Å². The summed E-state index contributed by atoms with van der Waals surface area (Å²) in [6.07, 6.45) is 3.57. The molecule has 3 nitrogen and oxygen atoms in total. The van der Waals surface area contributed by atoms with E-state index in [1.807, 2.05) is 0 Å². The Morgan fingerprint density at radius 1 is 1.21 bits per heavy atom. The van der Waals surface area contributed by atoms with Crippen LogP contribution in [-0.4, -0.2) is 25.7 Å². The molecule has 3 heteroatoms. The van der Waals surface area contributed by atoms with Crippen molar-refractivity contribution in [2.75, 3.05) is 13.7 Å². The molecular weight excluding hydrogens is 238 g/mol. The SMILES string of the molecule is CCCc1ccc(CC(CC(=O)OC)NCC)cc1. The maximum Gasteiger partial charge on any atom is 0.307 e. The predicted octanol–water partition coefficient (Wildman–Crippen LogP) is 2.72. The fourth-order valence-corrected chi connectivity index (χ4v) is 2.20. The molecule has 1 aromatic rings. The highest BCUT2D eigenvalue weighted by Crippen LogP contribution is 2.10. The van der Waals surface area contributed by atoms with Crippen LogP contribution in [0.5, 0.6) is 0 Å². The van der Waals surface area contributed by atoms with Crippen LogP contribution in [0.2, 0.25) is 0 Å². The second-order valence-corrected chi connectivity index (χ2v) is 4.81. The Morgan fingerprint density at radius 2 is 1.84 bits per heavy atom. The third-order valence-corrected chi connectivity index (χ3v) is 3.18. The zero-order chi connectivity index (χ0) is 14.1. The van der Waals surface area contributed by atoms with Crippen molar-refractivity contribution in [1.29, 1.82) is 0 Å². The van der Waals surface area contributed by atoms with Gasteiger partial charge in [-0.05, 0) is 30.5 Å². The first-order valence-electron chi connectivity index (χ1n) is 7.07. The molecule has 0 aliphatic heterocycles. The van der Waals surface area contributed by atoms with Crippen LogP contribution in [0, 0.1) is 0 Å². The van der Waals surface area contributed by atoms with Crippen LogP contribution in [-0.2, 0) is 22.4 Å². The van der Waals surface area contributed by atoms with Gasteiger partial charge in [0.05, 0.1) is 13.5 Å². The molecule has 0 amide bonds. The van der Waals surface area contributed by atoms with E-state index < -0.39 is 0 Å². The quantitative estimate of drug-likeness (QED) is 0.733. The second-order valence-electron chi connectivity index (χ2n) is 4.81. The number of hydrogen-bond donors (Lipinski definition) is 1. The van der Waals surface area contributed by atoms with Gasteiger partial charge in [0.25, 0.3) is 0 Å². The van der Waals surface area contributed by atoms with Gasteiger partial charge < -0.3 is 10.1 Å². The number of nitrogens with one attached hydrogen (secondary N) is 1. The number of hydrogen-bond acceptors (Lipinski definition) is 3. The van der Waals surface area contributed by atoms with E-state index >= 15 is 0 Å². The number of esters is 1. The number of aryl methyl sites for hydroxylation is 1. The van der Waals surface area contributed by atoms with Gasteiger partial charge in [-0.3, -0.25) is 4.79 Å². The van der Waals surface area contributed by atoms with Crippen LogP contribution in [0.1, 0.15) is 37.8 Å². The summed E-state index contributed by atoms with van der Waals surface area (Å²) in [5, 5.41) is 3.34. The van der Waals surface area contributed by atoms with Gasteiger partial charge in [-0.15, -0.1) is 0 Å². The molecule has 0 radical (unpaired) electrons. The molecule has 0 aliphatic carbocycles. The van der Waals surface area contributed by atoms with Crippen molar-refractivity contribution in [3.05, 3.63) is 35.4 Å². The smallest absolute Gasteiger partial charge is 0.307 e. The van der Waals surface area contributed by atoms with Crippen molar-refractivity contribution in [2.45, 2.75) is 45.6 Å². The minimum atomic E-state index is -0.159. The average Bonchev–Trinajstić information content (AvgIpc) is 2.41. The highest BCUT2D eigenvalue weighted by Gasteiger charge is 2.13. The Bertz CT molecular complexity index is 373. The summed E-state index contributed by atoms with van der Waals surface area (Å²) in [6, 6.07) is 8.83. The van der Waals surface area contributed by atoms with Crippen LogP contribution in [0.4, 0.5) is 0 Å². The summed E-state index contributed by atoms with van der Waals surface area (Å²) in [4.78, 5) is 11.4. The van der Waals surface area contributed by atoms with Crippen molar-refractivity contribution in [3.63, 3.8) is 0 Å². The lowest BCUT2D eigenvalue weighted by molar-refractivity contribution is -0.141. The molecular formula is C16H25NO2. The summed E-state index contributed by atoms with van der Waals surface area (Å²) in [7, 11) is 1.44. The van der Waals surface area contributed by atoms with Gasteiger partial charge in [0.15, 0.2) is 0 Å². The molecule has 0 bridgehead atoms. The van der Waals surface area contributed by atoms with Crippen LogP contribution < -0.4 is 5.32 Å². The Balaban J connectivity index is 2.59. The molecule has 1 atom stereocenters. The van der Waals surface area contributed by atoms with Gasteiger partial charge in [-0.1, -0.05) is 44.5 Å². The molecule has 0 spiro atoms. The van der Waals surface area contributed by atoms with Crippen LogP contribution in [0.15, 0.2) is 24.3 Å². The number of ether oxygens (including phenoxy) is 1. The Kier molecular flexibility index (Phi) is 7.19. The third kappa shape index (κ3) is 5.88. The van der Waals surface area contributed by atoms with Gasteiger partial charge in [0.2, 0.25) is 0 Å². The molecule has 0 saturated heterocycles. The first-order valence-corrected chi connectivity index (χ1v) is 7.07. The van der Waals surface area contributed by atoms with E-state index in [9.17, 15) is 4.79 Å². The first-order chi connectivity index (χ1) is 9.19. The molecule has 106 valence electrons. The molecule has 0 fully saturated rings. The van der Waals surface area contributed by atoms with Gasteiger partial charge in [0.1, 0.15) is 0 Å². The first kappa shape index (κ1) is 15.7. The predicted molar refractivity (Wildman–Crippen MR) is 78.2 cm³/mol. The van der Waals surface area contributed by atoms with E-state index in [4.69, 9.17) is 4.74 Å². The zero-order valence-corrected chi connectivity index (χ0v) is 12.2. The summed E-state index contributed by atoms with van der Waals surface area (Å²) in [6.45, 7) is 5.09. The monoisotopic (exact) mass is 263 g/mol. The molecule has 1 rings (SSSR count). The van der Waals surface area contributed by atoms with E-state index in [0.717, 1.165) is 19.4 Å². The minimum absolute atomic E-state index is 0.148. The van der Waals surface area contributed by atoms with Crippen LogP contribution in [0.25, 0.3) is 0 Å². The molecule has 0 saturated carbocycles. The number of rotatable bonds is 8. The van der Waals surface area contributed by atoms with Crippen molar-refractivity contribution in [2.24, 2.45) is 0 Å².